The van der Waals surface area contributed by atoms with Crippen molar-refractivity contribution >= 4 is 80.6 Å². The first-order valence-corrected chi connectivity index (χ1v) is 31.5. The van der Waals surface area contributed by atoms with Crippen molar-refractivity contribution in [3.8, 4) is 5.75 Å². The number of phenols is 1. The van der Waals surface area contributed by atoms with Crippen molar-refractivity contribution in [1.82, 2.24) is 36.8 Å². The van der Waals surface area contributed by atoms with Crippen LogP contribution in [0.4, 0.5) is 9.59 Å². The summed E-state index contributed by atoms with van der Waals surface area (Å²) in [5.74, 6) is -8.32. The zero-order valence-electron chi connectivity index (χ0n) is 50.2. The van der Waals surface area contributed by atoms with Crippen LogP contribution in [0.15, 0.2) is 115 Å². The second-order valence-corrected chi connectivity index (χ2v) is 26.2. The number of ether oxygens (including phenoxy) is 2. The Morgan fingerprint density at radius 1 is 0.690 bits per heavy atom. The van der Waals surface area contributed by atoms with Gasteiger partial charge < -0.3 is 56.7 Å². The van der Waals surface area contributed by atoms with Crippen LogP contribution in [-0.4, -0.2) is 145 Å². The quantitative estimate of drug-likeness (QED) is 0.0376. The van der Waals surface area contributed by atoms with Crippen LogP contribution in [0.5, 0.6) is 5.75 Å². The summed E-state index contributed by atoms with van der Waals surface area (Å²) in [7, 11) is 1.93. The number of rotatable bonds is 18. The molecular weight excluding hydrogens is 1150 g/mol. The van der Waals surface area contributed by atoms with Gasteiger partial charge in [-0.15, -0.1) is 0 Å². The van der Waals surface area contributed by atoms with Crippen LogP contribution < -0.4 is 31.9 Å². The molecule has 0 bridgehead atoms. The number of aromatic hydroxyl groups is 1. The van der Waals surface area contributed by atoms with Crippen molar-refractivity contribution in [3.63, 3.8) is 0 Å². The second-order valence-electron chi connectivity index (χ2n) is 23.6. The van der Waals surface area contributed by atoms with Crippen LogP contribution in [-0.2, 0) is 68.8 Å². The van der Waals surface area contributed by atoms with Gasteiger partial charge in [0, 0.05) is 49.8 Å². The smallest absolute Gasteiger partial charge is 0.411 e. The van der Waals surface area contributed by atoms with E-state index in [0.29, 0.717) is 28.7 Å². The summed E-state index contributed by atoms with van der Waals surface area (Å²) in [6, 6.07) is 22.5. The Bertz CT molecular complexity index is 3060. The number of carbonyl (C=O) groups excluding carboxylic acids is 8. The molecule has 8 atom stereocenters. The first-order chi connectivity index (χ1) is 41.2. The number of aliphatic carboxylic acids is 1. The number of allylic oxidation sites excluding steroid dienone is 1. The molecule has 4 aromatic carbocycles. The Balaban J connectivity index is 1.42. The van der Waals surface area contributed by atoms with Crippen LogP contribution in [0.1, 0.15) is 108 Å². The average Bonchev–Trinajstić information content (AvgIpc) is 3.56. The van der Waals surface area contributed by atoms with Crippen LogP contribution in [0, 0.1) is 5.92 Å². The lowest BCUT2D eigenvalue weighted by atomic mass is 9.90. The fourth-order valence-electron chi connectivity index (χ4n) is 9.74. The van der Waals surface area contributed by atoms with E-state index in [1.165, 1.54) is 24.0 Å². The highest BCUT2D eigenvalue weighted by Crippen LogP contribution is 2.32. The van der Waals surface area contributed by atoms with Gasteiger partial charge in [0.15, 0.2) is 5.78 Å². The molecule has 0 unspecified atom stereocenters. The van der Waals surface area contributed by atoms with Crippen LogP contribution in [0.25, 0.3) is 5.57 Å². The molecule has 1 aliphatic carbocycles. The number of hydrogen-bond donors (Lipinski definition) is 9. The summed E-state index contributed by atoms with van der Waals surface area (Å²) in [5.41, 5.74) is 2.61. The molecule has 21 nitrogen and oxygen atoms in total. The Morgan fingerprint density at radius 3 is 1.94 bits per heavy atom. The van der Waals surface area contributed by atoms with Crippen LogP contribution in [0.2, 0.25) is 0 Å². The summed E-state index contributed by atoms with van der Waals surface area (Å²) in [6.07, 6.45) is -0.980. The molecule has 468 valence electrons. The van der Waals surface area contributed by atoms with E-state index < -0.39 is 119 Å². The number of nitrogens with one attached hydrogen (secondary N) is 6. The molecule has 4 aromatic rings. The third-order valence-electron chi connectivity index (χ3n) is 14.2. The lowest BCUT2D eigenvalue weighted by molar-refractivity contribution is -0.142. The fraction of sp³-hybridized carbons (Fsp3) is 0.453. The molecular formula is C64H81N7O14S2. The van der Waals surface area contributed by atoms with E-state index in [0.717, 1.165) is 32.7 Å². The minimum absolute atomic E-state index is 0.0299. The van der Waals surface area contributed by atoms with Gasteiger partial charge in [-0.25, -0.2) is 14.4 Å². The second kappa shape index (κ2) is 32.2. The Labute approximate surface area is 515 Å². The molecule has 1 saturated heterocycles. The highest BCUT2D eigenvalue weighted by atomic mass is 33.1. The van der Waals surface area contributed by atoms with E-state index in [2.05, 4.69) is 31.9 Å². The Morgan fingerprint density at radius 2 is 1.30 bits per heavy atom. The maximum Gasteiger partial charge on any atom is 0.411 e. The molecule has 87 heavy (non-hydrogen) atoms. The molecule has 9 N–H and O–H groups in total. The standard InChI is InChI=1S/C64H81N7O14S2/c1-39(72)54-59(79)69-51(60(80)81)38-87-86-37-50(68-58(78)52(33-40-18-10-8-11-19-40)71(62(83)85-64(5,6)7)36-42-20-12-9-13-21-42)53(74)35-45(32-41-25-29-46(73)30-26-41)55(75)67-49(34-44-28-27-43-22-14-15-23-47(43)44)57(77)66-48(56(76)70-54)24-16-17-31-65-61(82)84-63(2,3)4/h8-15,18-23,25-26,28-30,39,45,48-52,54,72-73H,16-17,24,27,31-38H2,1-7H3,(H,65,82)(H,66,77)(H,67,75)(H,68,78)(H,69,79)(H,70,76)(H,80,81)/t39-,45-,48+,49-,50+,51+,52-,54+/m1/s1. The predicted molar refractivity (Wildman–Crippen MR) is 332 cm³/mol. The number of fused-ring (bicyclic) bond motifs is 1. The molecule has 1 fully saturated rings. The molecule has 6 rings (SSSR count). The zero-order chi connectivity index (χ0) is 63.4. The monoisotopic (exact) mass is 1240 g/mol. The van der Waals surface area contributed by atoms with Gasteiger partial charge in [0.2, 0.25) is 29.5 Å². The third kappa shape index (κ3) is 22.1. The van der Waals surface area contributed by atoms with Gasteiger partial charge in [-0.3, -0.25) is 33.7 Å². The van der Waals surface area contributed by atoms with E-state index in [9.17, 15) is 39.3 Å². The third-order valence-corrected chi connectivity index (χ3v) is 16.6. The molecule has 23 heteroatoms. The fourth-order valence-corrected chi connectivity index (χ4v) is 12.1. The van der Waals surface area contributed by atoms with Crippen molar-refractivity contribution in [3.05, 3.63) is 143 Å². The number of aliphatic hydroxyl groups is 1. The van der Waals surface area contributed by atoms with Gasteiger partial charge in [0.1, 0.15) is 47.2 Å². The summed E-state index contributed by atoms with van der Waals surface area (Å²) < 4.78 is 11.2. The van der Waals surface area contributed by atoms with Gasteiger partial charge >= 0.3 is 18.2 Å². The number of carboxylic acids is 1. The van der Waals surface area contributed by atoms with Crippen LogP contribution in [0.3, 0.4) is 0 Å². The van der Waals surface area contributed by atoms with Gasteiger partial charge in [-0.2, -0.15) is 0 Å². The molecule has 2 aliphatic rings. The number of carbonyl (C=O) groups is 9. The Kier molecular flexibility index (Phi) is 25.2. The molecule has 0 saturated carbocycles. The highest BCUT2D eigenvalue weighted by molar-refractivity contribution is 8.76. The van der Waals surface area contributed by atoms with E-state index in [1.807, 2.05) is 36.4 Å². The SMILES string of the molecule is C[C@@H](O)[C@@H]1NC(=O)[C@H](CCCCNC(=O)OC(C)(C)C)NC(=O)[C@@H](CC2=CCc3ccccc32)NC(=O)[C@H](Cc2ccc(O)cc2)CC(=O)[C@@H](NC(=O)[C@@H](Cc2ccccc2)N(Cc2ccccc2)C(=O)OC(C)(C)C)CSSC[C@@H](C(=O)O)NC1=O. The summed E-state index contributed by atoms with van der Waals surface area (Å²) in [5, 5.41) is 47.8. The van der Waals surface area contributed by atoms with Gasteiger partial charge in [0.25, 0.3) is 0 Å². The van der Waals surface area contributed by atoms with Gasteiger partial charge in [-0.1, -0.05) is 125 Å². The number of aliphatic hydroxyl groups excluding tert-OH is 1. The topological polar surface area (TPSA) is 308 Å². The number of hydrogen-bond acceptors (Lipinski definition) is 15. The number of benzene rings is 4. The lowest BCUT2D eigenvalue weighted by Gasteiger charge is -2.34. The average molecular weight is 1240 g/mol. The van der Waals surface area contributed by atoms with E-state index in [-0.39, 0.29) is 68.9 Å². The maximum absolute atomic E-state index is 15.3. The van der Waals surface area contributed by atoms with E-state index in [1.54, 1.807) is 108 Å². The van der Waals surface area contributed by atoms with Crippen molar-refractivity contribution in [2.75, 3.05) is 18.1 Å². The van der Waals surface area contributed by atoms with Crippen molar-refractivity contribution in [2.45, 2.75) is 160 Å². The van der Waals surface area contributed by atoms with E-state index in [4.69, 9.17) is 9.47 Å². The zero-order valence-corrected chi connectivity index (χ0v) is 51.8. The summed E-state index contributed by atoms with van der Waals surface area (Å²) in [4.78, 5) is 130. The van der Waals surface area contributed by atoms with Crippen molar-refractivity contribution in [2.24, 2.45) is 5.92 Å². The number of Topliss-reactive ketones (excluding diaryl/α,β-unsaturated/α-hetero) is 1. The number of alkyl carbamates (subject to hydrolysis) is 1. The van der Waals surface area contributed by atoms with Gasteiger partial charge in [0.05, 0.1) is 12.1 Å². The molecule has 0 aromatic heterocycles. The normalized spacial score (nSPS) is 20.8. The first kappa shape index (κ1) is 68.2. The Hall–Kier alpha value is -7.89. The number of amides is 7. The van der Waals surface area contributed by atoms with Crippen molar-refractivity contribution in [1.29, 1.82) is 0 Å². The molecule has 0 spiro atoms. The summed E-state index contributed by atoms with van der Waals surface area (Å²) in [6.45, 7) is 11.5. The van der Waals surface area contributed by atoms with E-state index >= 15 is 19.2 Å². The van der Waals surface area contributed by atoms with Crippen LogP contribution >= 0.6 is 21.6 Å². The molecule has 1 aliphatic heterocycles. The molecule has 0 radical (unpaired) electrons. The molecule has 7 amide bonds. The summed E-state index contributed by atoms with van der Waals surface area (Å²) >= 11 is 0. The largest absolute Gasteiger partial charge is 0.508 e. The minimum atomic E-state index is -1.74. The van der Waals surface area contributed by atoms with Crippen molar-refractivity contribution < 1.29 is 67.9 Å². The number of phenolic OH excluding ortho intramolecular Hbond substituents is 1. The number of nitrogens with zero attached hydrogens (tertiary/aromatic N) is 1. The number of unbranched alkanes of at least 4 members (excludes halogenated alkanes) is 1. The first-order valence-electron chi connectivity index (χ1n) is 29.0. The predicted octanol–water partition coefficient (Wildman–Crippen LogP) is 6.57. The lowest BCUT2D eigenvalue weighted by Crippen LogP contribution is -2.60. The molecule has 1 heterocycles. The number of carboxylic acid groups (broad SMARTS) is 1. The van der Waals surface area contributed by atoms with Gasteiger partial charge in [-0.05, 0) is 126 Å². The maximum atomic E-state index is 15.3. The highest BCUT2D eigenvalue weighted by Gasteiger charge is 2.39. The number of ketones is 1. The minimum Gasteiger partial charge on any atom is -0.508 e.